The maximum atomic E-state index is 12.9. The highest BCUT2D eigenvalue weighted by atomic mass is 19.4. The molecule has 0 spiro atoms. The van der Waals surface area contributed by atoms with E-state index in [4.69, 9.17) is 0 Å². The van der Waals surface area contributed by atoms with Crippen LogP contribution in [0.5, 0.6) is 0 Å². The molecule has 1 amide bonds. The number of alkyl halides is 3. The minimum Gasteiger partial charge on any atom is -0.342 e. The number of nitrogens with one attached hydrogen (secondary N) is 2. The monoisotopic (exact) mass is 340 g/mol. The van der Waals surface area contributed by atoms with Gasteiger partial charge in [0.1, 0.15) is 12.4 Å². The van der Waals surface area contributed by atoms with Gasteiger partial charge in [0.25, 0.3) is 0 Å². The number of hydrogen-bond acceptors (Lipinski definition) is 3. The van der Waals surface area contributed by atoms with Gasteiger partial charge in [-0.05, 0) is 23.6 Å². The fourth-order valence-corrected chi connectivity index (χ4v) is 2.13. The molecule has 0 saturated heterocycles. The summed E-state index contributed by atoms with van der Waals surface area (Å²) in [6, 6.07) is 3.98. The van der Waals surface area contributed by atoms with Crippen LogP contribution in [0, 0.1) is 11.8 Å². The smallest absolute Gasteiger partial charge is 0.342 e. The molecule has 1 aromatic carbocycles. The largest absolute Gasteiger partial charge is 0.416 e. The van der Waals surface area contributed by atoms with Gasteiger partial charge in [-0.15, -0.1) is 0 Å². The summed E-state index contributed by atoms with van der Waals surface area (Å²) in [5.74, 6) is -0.175. The number of H-pyrrole nitrogens is 1. The van der Waals surface area contributed by atoms with Crippen LogP contribution in [-0.4, -0.2) is 21.1 Å². The Balaban J connectivity index is 2.36. The van der Waals surface area contributed by atoms with Crippen molar-refractivity contribution in [3.63, 3.8) is 0 Å². The van der Waals surface area contributed by atoms with E-state index in [0.29, 0.717) is 0 Å². The van der Waals surface area contributed by atoms with Crippen molar-refractivity contribution in [2.75, 3.05) is 0 Å². The number of amides is 1. The van der Waals surface area contributed by atoms with Gasteiger partial charge in [-0.1, -0.05) is 32.9 Å². The predicted molar refractivity (Wildman–Crippen MR) is 81.8 cm³/mol. The highest BCUT2D eigenvalue weighted by Crippen LogP contribution is 2.31. The van der Waals surface area contributed by atoms with Gasteiger partial charge in [-0.2, -0.15) is 18.3 Å². The van der Waals surface area contributed by atoms with Crippen molar-refractivity contribution in [1.82, 2.24) is 20.5 Å². The Bertz CT molecular complexity index is 683. The van der Waals surface area contributed by atoms with E-state index in [9.17, 15) is 18.0 Å². The first kappa shape index (κ1) is 18.0. The quantitative estimate of drug-likeness (QED) is 0.877. The lowest BCUT2D eigenvalue weighted by molar-refractivity contribution is -0.137. The maximum Gasteiger partial charge on any atom is 0.416 e. The molecule has 2 rings (SSSR count). The Morgan fingerprint density at radius 3 is 2.50 bits per heavy atom. The van der Waals surface area contributed by atoms with Crippen molar-refractivity contribution < 1.29 is 18.0 Å². The summed E-state index contributed by atoms with van der Waals surface area (Å²) in [6.07, 6.45) is -3.22. The first-order valence-electron chi connectivity index (χ1n) is 7.53. The number of halogens is 3. The highest BCUT2D eigenvalue weighted by molar-refractivity contribution is 5.79. The van der Waals surface area contributed by atoms with Crippen LogP contribution in [0.1, 0.15) is 43.8 Å². The SMILES string of the molecule is CC(C)[C@H](C)C(=O)N[C@H](c1cccc(C(F)(F)F)c1)c1ncn[nH]1. The molecule has 0 fully saturated rings. The first-order chi connectivity index (χ1) is 11.2. The molecule has 1 heterocycles. The van der Waals surface area contributed by atoms with Crippen molar-refractivity contribution in [2.24, 2.45) is 11.8 Å². The van der Waals surface area contributed by atoms with E-state index in [1.807, 2.05) is 13.8 Å². The number of hydrogen-bond donors (Lipinski definition) is 2. The molecule has 2 N–H and O–H groups in total. The van der Waals surface area contributed by atoms with Crippen LogP contribution in [0.2, 0.25) is 0 Å². The molecular formula is C16H19F3N4O. The average Bonchev–Trinajstić information content (AvgIpc) is 3.04. The Hall–Kier alpha value is -2.38. The molecule has 0 aliphatic heterocycles. The average molecular weight is 340 g/mol. The molecule has 2 atom stereocenters. The minimum absolute atomic E-state index is 0.0990. The number of nitrogens with zero attached hydrogens (tertiary/aromatic N) is 2. The number of rotatable bonds is 5. The summed E-state index contributed by atoms with van der Waals surface area (Å²) < 4.78 is 38.8. The van der Waals surface area contributed by atoms with Gasteiger partial charge in [-0.3, -0.25) is 9.89 Å². The molecule has 2 aromatic rings. The first-order valence-corrected chi connectivity index (χ1v) is 7.53. The molecule has 0 radical (unpaired) electrons. The lowest BCUT2D eigenvalue weighted by Gasteiger charge is -2.22. The standard InChI is InChI=1S/C16H19F3N4O/c1-9(2)10(3)15(24)22-13(14-20-8-21-23-14)11-5-4-6-12(7-11)16(17,18)19/h4-10,13H,1-3H3,(H,22,24)(H,20,21,23)/t10-,13+/m0/s1. The van der Waals surface area contributed by atoms with E-state index in [0.717, 1.165) is 12.1 Å². The van der Waals surface area contributed by atoms with E-state index in [1.165, 1.54) is 18.5 Å². The molecular weight excluding hydrogens is 321 g/mol. The van der Waals surface area contributed by atoms with Crippen LogP contribution in [0.4, 0.5) is 13.2 Å². The molecule has 0 saturated carbocycles. The fourth-order valence-electron chi connectivity index (χ4n) is 2.13. The Kier molecular flexibility index (Phi) is 5.26. The van der Waals surface area contributed by atoms with Crippen LogP contribution in [0.3, 0.4) is 0 Å². The predicted octanol–water partition coefficient (Wildman–Crippen LogP) is 3.32. The third-order valence-corrected chi connectivity index (χ3v) is 3.95. The third kappa shape index (κ3) is 4.12. The highest BCUT2D eigenvalue weighted by Gasteiger charge is 2.32. The Morgan fingerprint density at radius 2 is 1.96 bits per heavy atom. The van der Waals surface area contributed by atoms with Crippen molar-refractivity contribution >= 4 is 5.91 Å². The van der Waals surface area contributed by atoms with Crippen molar-refractivity contribution in [3.8, 4) is 0 Å². The second kappa shape index (κ2) is 7.02. The van der Waals surface area contributed by atoms with Gasteiger partial charge >= 0.3 is 6.18 Å². The zero-order valence-corrected chi connectivity index (χ0v) is 13.6. The van der Waals surface area contributed by atoms with E-state index in [-0.39, 0.29) is 29.1 Å². The number of carbonyl (C=O) groups is 1. The second-order valence-corrected chi connectivity index (χ2v) is 5.97. The molecule has 130 valence electrons. The van der Waals surface area contributed by atoms with E-state index in [1.54, 1.807) is 6.92 Å². The molecule has 1 aromatic heterocycles. The van der Waals surface area contributed by atoms with Gasteiger partial charge in [0.15, 0.2) is 5.82 Å². The number of aromatic nitrogens is 3. The summed E-state index contributed by atoms with van der Waals surface area (Å²) >= 11 is 0. The van der Waals surface area contributed by atoms with Gasteiger partial charge in [0, 0.05) is 5.92 Å². The lowest BCUT2D eigenvalue weighted by atomic mass is 9.96. The molecule has 0 aliphatic carbocycles. The van der Waals surface area contributed by atoms with E-state index in [2.05, 4.69) is 20.5 Å². The summed E-state index contributed by atoms with van der Waals surface area (Å²) in [5, 5.41) is 9.08. The lowest BCUT2D eigenvalue weighted by Crippen LogP contribution is -2.36. The summed E-state index contributed by atoms with van der Waals surface area (Å²) in [7, 11) is 0. The summed E-state index contributed by atoms with van der Waals surface area (Å²) in [4.78, 5) is 16.3. The molecule has 0 unspecified atom stereocenters. The fraction of sp³-hybridized carbons (Fsp3) is 0.438. The Morgan fingerprint density at radius 1 is 1.25 bits per heavy atom. The van der Waals surface area contributed by atoms with Crippen LogP contribution >= 0.6 is 0 Å². The number of carbonyl (C=O) groups excluding carboxylic acids is 1. The van der Waals surface area contributed by atoms with Gasteiger partial charge in [0.05, 0.1) is 5.56 Å². The second-order valence-electron chi connectivity index (χ2n) is 5.97. The topological polar surface area (TPSA) is 70.7 Å². The van der Waals surface area contributed by atoms with E-state index >= 15 is 0 Å². The van der Waals surface area contributed by atoms with Crippen molar-refractivity contribution in [1.29, 1.82) is 0 Å². The van der Waals surface area contributed by atoms with Crippen molar-refractivity contribution in [3.05, 3.63) is 47.5 Å². The maximum absolute atomic E-state index is 12.9. The molecule has 24 heavy (non-hydrogen) atoms. The summed E-state index contributed by atoms with van der Waals surface area (Å²) in [6.45, 7) is 5.57. The third-order valence-electron chi connectivity index (χ3n) is 3.95. The zero-order chi connectivity index (χ0) is 17.9. The minimum atomic E-state index is -4.46. The number of benzene rings is 1. The van der Waals surface area contributed by atoms with Crippen LogP contribution < -0.4 is 5.32 Å². The van der Waals surface area contributed by atoms with Crippen LogP contribution in [0.25, 0.3) is 0 Å². The van der Waals surface area contributed by atoms with Crippen molar-refractivity contribution in [2.45, 2.75) is 33.0 Å². The Labute approximate surface area is 137 Å². The van der Waals surface area contributed by atoms with Gasteiger partial charge in [-0.25, -0.2) is 4.98 Å². The van der Waals surface area contributed by atoms with Crippen LogP contribution in [0.15, 0.2) is 30.6 Å². The molecule has 5 nitrogen and oxygen atoms in total. The molecule has 8 heteroatoms. The van der Waals surface area contributed by atoms with Gasteiger partial charge < -0.3 is 5.32 Å². The molecule has 0 bridgehead atoms. The molecule has 0 aliphatic rings. The summed E-state index contributed by atoms with van der Waals surface area (Å²) in [5.41, 5.74) is -0.499. The normalized spacial score (nSPS) is 14.5. The van der Waals surface area contributed by atoms with Gasteiger partial charge in [0.2, 0.25) is 5.91 Å². The van der Waals surface area contributed by atoms with Crippen LogP contribution in [-0.2, 0) is 11.0 Å². The van der Waals surface area contributed by atoms with E-state index < -0.39 is 17.8 Å². The zero-order valence-electron chi connectivity index (χ0n) is 13.6. The number of aromatic amines is 1.